The van der Waals surface area contributed by atoms with Gasteiger partial charge in [0.15, 0.2) is 5.82 Å². The Morgan fingerprint density at radius 1 is 0.804 bits per heavy atom. The first-order valence-corrected chi connectivity index (χ1v) is 16.9. The Bertz CT molecular complexity index is 1690. The van der Waals surface area contributed by atoms with Crippen LogP contribution in [-0.2, 0) is 6.42 Å². The van der Waals surface area contributed by atoms with E-state index < -0.39 is 0 Å². The van der Waals surface area contributed by atoms with Crippen molar-refractivity contribution in [1.29, 1.82) is 0 Å². The van der Waals surface area contributed by atoms with Crippen molar-refractivity contribution < 1.29 is 9.47 Å². The van der Waals surface area contributed by atoms with E-state index in [1.165, 1.54) is 0 Å². The molecule has 2 aromatic carbocycles. The summed E-state index contributed by atoms with van der Waals surface area (Å²) in [6.07, 6.45) is 0.531. The molecule has 0 saturated carbocycles. The summed E-state index contributed by atoms with van der Waals surface area (Å²) < 4.78 is 13.9. The molecular weight excluding hydrogens is 576 g/mol. The molecule has 3 heterocycles. The molecular formula is C37H56N6O3. The van der Waals surface area contributed by atoms with Crippen molar-refractivity contribution in [3.8, 4) is 17.2 Å². The Morgan fingerprint density at radius 2 is 1.43 bits per heavy atom. The van der Waals surface area contributed by atoms with E-state index in [1.807, 2.05) is 113 Å². The summed E-state index contributed by atoms with van der Waals surface area (Å²) in [5.74, 6) is 2.84. The second kappa shape index (κ2) is 20.6. The Hall–Kier alpha value is -4.40. The van der Waals surface area contributed by atoms with E-state index in [1.54, 1.807) is 6.07 Å². The van der Waals surface area contributed by atoms with Gasteiger partial charge in [-0.05, 0) is 58.9 Å². The molecule has 9 nitrogen and oxygen atoms in total. The maximum atomic E-state index is 12.4. The number of anilines is 1. The van der Waals surface area contributed by atoms with Crippen LogP contribution in [0.5, 0.6) is 11.5 Å². The predicted molar refractivity (Wildman–Crippen MR) is 195 cm³/mol. The number of ether oxygens (including phenoxy) is 2. The Balaban J connectivity index is 0.00000123. The van der Waals surface area contributed by atoms with Gasteiger partial charge in [0.05, 0.1) is 35.5 Å². The van der Waals surface area contributed by atoms with Gasteiger partial charge in [-0.15, -0.1) is 5.10 Å². The normalized spacial score (nSPS) is 9.85. The number of hydrogen-bond acceptors (Lipinski definition) is 7. The highest BCUT2D eigenvalue weighted by molar-refractivity contribution is 5.98. The minimum atomic E-state index is -0.132. The number of fused-ring (bicyclic) bond motifs is 2. The van der Waals surface area contributed by atoms with Crippen molar-refractivity contribution >= 4 is 27.5 Å². The fourth-order valence-corrected chi connectivity index (χ4v) is 5.04. The minimum Gasteiger partial charge on any atom is -0.494 e. The van der Waals surface area contributed by atoms with Gasteiger partial charge >= 0.3 is 0 Å². The summed E-state index contributed by atoms with van der Waals surface area (Å²) in [6, 6.07) is 13.3. The summed E-state index contributed by atoms with van der Waals surface area (Å²) in [4.78, 5) is 19.9. The number of H-pyrrole nitrogens is 1. The van der Waals surface area contributed by atoms with E-state index in [-0.39, 0.29) is 5.56 Å². The monoisotopic (exact) mass is 632 g/mol. The van der Waals surface area contributed by atoms with Crippen LogP contribution in [0.25, 0.3) is 27.4 Å². The summed E-state index contributed by atoms with van der Waals surface area (Å²) in [7, 11) is 0. The Kier molecular flexibility index (Phi) is 17.7. The van der Waals surface area contributed by atoms with E-state index in [0.29, 0.717) is 48.7 Å². The van der Waals surface area contributed by atoms with E-state index in [4.69, 9.17) is 9.47 Å². The molecule has 0 amide bonds. The molecule has 0 radical (unpaired) electrons. The van der Waals surface area contributed by atoms with Gasteiger partial charge < -0.3 is 24.3 Å². The molecule has 0 fully saturated rings. The first-order chi connectivity index (χ1) is 22.4. The van der Waals surface area contributed by atoms with Crippen LogP contribution in [0.3, 0.4) is 0 Å². The summed E-state index contributed by atoms with van der Waals surface area (Å²) >= 11 is 0. The maximum Gasteiger partial charge on any atom is 0.258 e. The van der Waals surface area contributed by atoms with Gasteiger partial charge in [-0.3, -0.25) is 4.79 Å². The third-order valence-electron chi connectivity index (χ3n) is 6.64. The highest BCUT2D eigenvalue weighted by Gasteiger charge is 2.21. The number of nitrogens with zero attached hydrogens (tertiary/aromatic N) is 4. The van der Waals surface area contributed by atoms with Crippen molar-refractivity contribution in [3.63, 3.8) is 0 Å². The lowest BCUT2D eigenvalue weighted by Crippen LogP contribution is -2.15. The molecule has 0 spiro atoms. The molecule has 5 aromatic rings. The van der Waals surface area contributed by atoms with Crippen LogP contribution in [0, 0.1) is 20.8 Å². The number of benzene rings is 2. The van der Waals surface area contributed by atoms with Crippen molar-refractivity contribution in [3.05, 3.63) is 75.7 Å². The topological polar surface area (TPSA) is 107 Å². The number of aromatic nitrogens is 5. The SMILES string of the molecule is CC.CC.CC.CC.CCOc1ccc(-n2c(C)c3c(C)nnc(NCCc4nc5ccccc5c(=O)[nH]4)c3c2C)c(OCC)c1. The van der Waals surface area contributed by atoms with E-state index >= 15 is 0 Å². The third kappa shape index (κ3) is 9.08. The first kappa shape index (κ1) is 39.6. The Labute approximate surface area is 275 Å². The molecule has 9 heteroatoms. The number of para-hydroxylation sites is 1. The van der Waals surface area contributed by atoms with E-state index in [0.717, 1.165) is 45.0 Å². The van der Waals surface area contributed by atoms with E-state index in [9.17, 15) is 4.79 Å². The second-order valence-electron chi connectivity index (χ2n) is 9.09. The van der Waals surface area contributed by atoms with Crippen LogP contribution in [-0.4, -0.2) is 44.5 Å². The molecule has 5 rings (SSSR count). The summed E-state index contributed by atoms with van der Waals surface area (Å²) in [5.41, 5.74) is 4.43. The number of aromatic amines is 1. The highest BCUT2D eigenvalue weighted by atomic mass is 16.5. The van der Waals surface area contributed by atoms with Crippen LogP contribution in [0.15, 0.2) is 47.3 Å². The quantitative estimate of drug-likeness (QED) is 0.167. The molecule has 3 aromatic heterocycles. The van der Waals surface area contributed by atoms with Crippen LogP contribution < -0.4 is 20.3 Å². The molecule has 0 bridgehead atoms. The standard InChI is InChI=1S/C29H32N6O3.4C2H6/c1-6-37-20-12-13-23(24(16-20)38-7-2)35-18(4)26-17(3)33-34-28(27(26)19(35)5)30-15-14-25-31-22-11-9-8-10-21(22)29(36)32-25;4*1-2/h8-13,16H,6-7,14-15H2,1-5H3,(H,30,34)(H,31,32,36);4*1-2H3. The van der Waals surface area contributed by atoms with Gasteiger partial charge in [-0.1, -0.05) is 67.5 Å². The minimum absolute atomic E-state index is 0.132. The number of aryl methyl sites for hydroxylation is 3. The maximum absolute atomic E-state index is 12.4. The fourth-order valence-electron chi connectivity index (χ4n) is 5.04. The number of nitrogens with one attached hydrogen (secondary N) is 2. The average Bonchev–Trinajstić information content (AvgIpc) is 3.36. The van der Waals surface area contributed by atoms with Gasteiger partial charge in [-0.25, -0.2) is 4.98 Å². The molecule has 0 atom stereocenters. The summed E-state index contributed by atoms with van der Waals surface area (Å²) in [5, 5.41) is 15.0. The highest BCUT2D eigenvalue weighted by Crippen LogP contribution is 2.37. The van der Waals surface area contributed by atoms with Crippen molar-refractivity contribution in [2.24, 2.45) is 0 Å². The zero-order valence-corrected chi connectivity index (χ0v) is 30.4. The molecule has 0 aliphatic rings. The van der Waals surface area contributed by atoms with Crippen molar-refractivity contribution in [2.45, 2.75) is 96.4 Å². The van der Waals surface area contributed by atoms with Crippen LogP contribution in [0.4, 0.5) is 5.82 Å². The molecule has 46 heavy (non-hydrogen) atoms. The van der Waals surface area contributed by atoms with Crippen LogP contribution in [0.2, 0.25) is 0 Å². The molecule has 252 valence electrons. The number of hydrogen-bond donors (Lipinski definition) is 2. The van der Waals surface area contributed by atoms with Gasteiger partial charge in [0.1, 0.15) is 17.3 Å². The molecule has 0 aliphatic carbocycles. The average molecular weight is 633 g/mol. The molecule has 0 unspecified atom stereocenters. The largest absolute Gasteiger partial charge is 0.494 e. The lowest BCUT2D eigenvalue weighted by atomic mass is 10.1. The molecule has 0 aliphatic heterocycles. The van der Waals surface area contributed by atoms with Gasteiger partial charge in [-0.2, -0.15) is 5.10 Å². The van der Waals surface area contributed by atoms with Crippen molar-refractivity contribution in [1.82, 2.24) is 24.7 Å². The zero-order valence-electron chi connectivity index (χ0n) is 30.4. The molecule has 0 saturated heterocycles. The van der Waals surface area contributed by atoms with Gasteiger partial charge in [0, 0.05) is 41.2 Å². The van der Waals surface area contributed by atoms with Crippen LogP contribution >= 0.6 is 0 Å². The van der Waals surface area contributed by atoms with Gasteiger partial charge in [0.2, 0.25) is 0 Å². The number of rotatable bonds is 9. The third-order valence-corrected chi connectivity index (χ3v) is 6.64. The lowest BCUT2D eigenvalue weighted by Gasteiger charge is -2.16. The smallest absolute Gasteiger partial charge is 0.258 e. The fraction of sp³-hybridized carbons (Fsp3) is 0.459. The zero-order chi connectivity index (χ0) is 34.8. The lowest BCUT2D eigenvalue weighted by molar-refractivity contribution is 0.322. The molecule has 2 N–H and O–H groups in total. The summed E-state index contributed by atoms with van der Waals surface area (Å²) in [6.45, 7) is 27.7. The Morgan fingerprint density at radius 3 is 2.09 bits per heavy atom. The second-order valence-corrected chi connectivity index (χ2v) is 9.09. The van der Waals surface area contributed by atoms with Crippen molar-refractivity contribution in [2.75, 3.05) is 25.1 Å². The van der Waals surface area contributed by atoms with Crippen LogP contribution in [0.1, 0.15) is 92.1 Å². The predicted octanol–water partition coefficient (Wildman–Crippen LogP) is 9.14. The van der Waals surface area contributed by atoms with Gasteiger partial charge in [0.25, 0.3) is 5.56 Å². The van der Waals surface area contributed by atoms with E-state index in [2.05, 4.69) is 43.9 Å². The first-order valence-electron chi connectivity index (χ1n) is 16.9.